The maximum absolute atomic E-state index is 10.9. The standard InChI is InChI=1S/C22H25N3O2S/c1-4-16-11-12-19(28-16)22-24-18(6-3)17(5-2)21(25-22)23-15-9-7-14(8-10-15)13-20(26)27/h7-12H,4-6,13H2,1-3H3,(H,26,27)(H,23,24,25). The van der Waals surface area contributed by atoms with Gasteiger partial charge in [-0.3, -0.25) is 4.79 Å². The lowest BCUT2D eigenvalue weighted by atomic mass is 10.1. The quantitative estimate of drug-likeness (QED) is 0.544. The van der Waals surface area contributed by atoms with Crippen molar-refractivity contribution in [3.05, 3.63) is 58.1 Å². The van der Waals surface area contributed by atoms with Crippen LogP contribution >= 0.6 is 11.3 Å². The monoisotopic (exact) mass is 395 g/mol. The van der Waals surface area contributed by atoms with Crippen LogP contribution in [0.1, 0.15) is 42.5 Å². The topological polar surface area (TPSA) is 75.1 Å². The van der Waals surface area contributed by atoms with Crippen molar-refractivity contribution in [1.82, 2.24) is 9.97 Å². The van der Waals surface area contributed by atoms with E-state index >= 15 is 0 Å². The van der Waals surface area contributed by atoms with Gasteiger partial charge in [-0.25, -0.2) is 9.97 Å². The van der Waals surface area contributed by atoms with Crippen LogP contribution in [0.5, 0.6) is 0 Å². The molecule has 0 aliphatic rings. The first kappa shape index (κ1) is 20.0. The third-order valence-electron chi connectivity index (χ3n) is 4.58. The molecule has 0 saturated heterocycles. The highest BCUT2D eigenvalue weighted by molar-refractivity contribution is 7.15. The summed E-state index contributed by atoms with van der Waals surface area (Å²) in [6.07, 6.45) is 2.72. The first-order chi connectivity index (χ1) is 13.5. The lowest BCUT2D eigenvalue weighted by Gasteiger charge is -2.15. The van der Waals surface area contributed by atoms with Crippen LogP contribution in [-0.2, 0) is 30.5 Å². The second-order valence-corrected chi connectivity index (χ2v) is 7.71. The number of hydrogen-bond acceptors (Lipinski definition) is 5. The number of nitrogens with zero attached hydrogens (tertiary/aromatic N) is 2. The van der Waals surface area contributed by atoms with Gasteiger partial charge in [0, 0.05) is 21.8 Å². The molecule has 0 radical (unpaired) electrons. The number of hydrogen-bond donors (Lipinski definition) is 2. The van der Waals surface area contributed by atoms with Crippen molar-refractivity contribution >= 4 is 28.8 Å². The van der Waals surface area contributed by atoms with Crippen LogP contribution in [0, 0.1) is 0 Å². The smallest absolute Gasteiger partial charge is 0.307 e. The molecule has 1 aromatic carbocycles. The molecule has 0 bridgehead atoms. The molecule has 28 heavy (non-hydrogen) atoms. The molecule has 0 saturated carbocycles. The summed E-state index contributed by atoms with van der Waals surface area (Å²) in [7, 11) is 0. The predicted molar refractivity (Wildman–Crippen MR) is 115 cm³/mol. The van der Waals surface area contributed by atoms with Crippen molar-refractivity contribution in [3.8, 4) is 10.7 Å². The molecular formula is C22H25N3O2S. The normalized spacial score (nSPS) is 10.8. The number of aromatic nitrogens is 2. The van der Waals surface area contributed by atoms with Crippen molar-refractivity contribution in [2.45, 2.75) is 46.5 Å². The number of aryl methyl sites for hydroxylation is 2. The minimum Gasteiger partial charge on any atom is -0.481 e. The summed E-state index contributed by atoms with van der Waals surface area (Å²) in [6.45, 7) is 6.37. The summed E-state index contributed by atoms with van der Waals surface area (Å²) in [6, 6.07) is 11.7. The molecule has 3 aromatic rings. The summed E-state index contributed by atoms with van der Waals surface area (Å²) >= 11 is 1.73. The number of carboxylic acid groups (broad SMARTS) is 1. The van der Waals surface area contributed by atoms with Crippen molar-refractivity contribution in [2.75, 3.05) is 5.32 Å². The minimum atomic E-state index is -0.829. The number of aliphatic carboxylic acids is 1. The summed E-state index contributed by atoms with van der Waals surface area (Å²) < 4.78 is 0. The zero-order chi connectivity index (χ0) is 20.1. The fourth-order valence-electron chi connectivity index (χ4n) is 3.11. The number of carbonyl (C=O) groups is 1. The summed E-state index contributed by atoms with van der Waals surface area (Å²) in [4.78, 5) is 22.9. The molecule has 0 amide bonds. The van der Waals surface area contributed by atoms with Crippen molar-refractivity contribution in [1.29, 1.82) is 0 Å². The molecule has 3 rings (SSSR count). The van der Waals surface area contributed by atoms with Crippen LogP contribution in [-0.4, -0.2) is 21.0 Å². The molecule has 0 fully saturated rings. The Morgan fingerprint density at radius 1 is 1.00 bits per heavy atom. The maximum Gasteiger partial charge on any atom is 0.307 e. The Kier molecular flexibility index (Phi) is 6.41. The molecule has 0 aliphatic carbocycles. The number of thiophene rings is 1. The van der Waals surface area contributed by atoms with Crippen LogP contribution in [0.2, 0.25) is 0 Å². The Labute approximate surface area is 169 Å². The first-order valence-corrected chi connectivity index (χ1v) is 10.4. The fraction of sp³-hybridized carbons (Fsp3) is 0.318. The van der Waals surface area contributed by atoms with Crippen molar-refractivity contribution < 1.29 is 9.90 Å². The molecule has 0 unspecified atom stereocenters. The molecule has 2 heterocycles. The van der Waals surface area contributed by atoms with Crippen LogP contribution in [0.25, 0.3) is 10.7 Å². The van der Waals surface area contributed by atoms with E-state index in [9.17, 15) is 4.79 Å². The molecule has 0 atom stereocenters. The highest BCUT2D eigenvalue weighted by atomic mass is 32.1. The van der Waals surface area contributed by atoms with Gasteiger partial charge in [0.05, 0.1) is 11.3 Å². The number of benzene rings is 1. The van der Waals surface area contributed by atoms with E-state index in [0.29, 0.717) is 0 Å². The highest BCUT2D eigenvalue weighted by Crippen LogP contribution is 2.30. The average Bonchev–Trinajstić information content (AvgIpc) is 3.17. The van der Waals surface area contributed by atoms with Crippen molar-refractivity contribution in [2.24, 2.45) is 0 Å². The Morgan fingerprint density at radius 2 is 1.75 bits per heavy atom. The SMILES string of the molecule is CCc1ccc(-c2nc(CC)c(CC)c(Nc3ccc(CC(=O)O)cc3)n2)s1. The van der Waals surface area contributed by atoms with E-state index in [4.69, 9.17) is 15.1 Å². The highest BCUT2D eigenvalue weighted by Gasteiger charge is 2.15. The zero-order valence-electron chi connectivity index (χ0n) is 16.5. The molecular weight excluding hydrogens is 370 g/mol. The van der Waals surface area contributed by atoms with E-state index in [-0.39, 0.29) is 6.42 Å². The van der Waals surface area contributed by atoms with Gasteiger partial charge in [0.15, 0.2) is 5.82 Å². The van der Waals surface area contributed by atoms with Crippen LogP contribution in [0.15, 0.2) is 36.4 Å². The Bertz CT molecular complexity index is 964. The lowest BCUT2D eigenvalue weighted by Crippen LogP contribution is -2.07. The van der Waals surface area contributed by atoms with E-state index in [1.54, 1.807) is 11.3 Å². The van der Waals surface area contributed by atoms with E-state index in [2.05, 4.69) is 38.2 Å². The molecule has 2 N–H and O–H groups in total. The molecule has 0 aliphatic heterocycles. The third kappa shape index (κ3) is 4.57. The maximum atomic E-state index is 10.9. The fourth-order valence-corrected chi connectivity index (χ4v) is 3.99. The summed E-state index contributed by atoms with van der Waals surface area (Å²) in [5.41, 5.74) is 3.84. The number of anilines is 2. The largest absolute Gasteiger partial charge is 0.481 e. The van der Waals surface area contributed by atoms with Gasteiger partial charge in [-0.2, -0.15) is 0 Å². The molecule has 6 heteroatoms. The summed E-state index contributed by atoms with van der Waals surface area (Å²) in [5.74, 6) is 0.745. The third-order valence-corrected chi connectivity index (χ3v) is 5.81. The number of nitrogens with one attached hydrogen (secondary N) is 1. The molecule has 2 aromatic heterocycles. The van der Waals surface area contributed by atoms with E-state index in [0.717, 1.165) is 58.3 Å². The van der Waals surface area contributed by atoms with Gasteiger partial charge in [-0.05, 0) is 49.1 Å². The Balaban J connectivity index is 1.96. The Hall–Kier alpha value is -2.73. The zero-order valence-corrected chi connectivity index (χ0v) is 17.3. The number of rotatable bonds is 8. The molecule has 5 nitrogen and oxygen atoms in total. The predicted octanol–water partition coefficient (Wildman–Crippen LogP) is 5.26. The van der Waals surface area contributed by atoms with E-state index in [1.165, 1.54) is 4.88 Å². The second-order valence-electron chi connectivity index (χ2n) is 6.54. The molecule has 0 spiro atoms. The van der Waals surface area contributed by atoms with Crippen LogP contribution < -0.4 is 5.32 Å². The number of carboxylic acids is 1. The van der Waals surface area contributed by atoms with Gasteiger partial charge in [0.25, 0.3) is 0 Å². The van der Waals surface area contributed by atoms with Gasteiger partial charge in [-0.1, -0.05) is 32.9 Å². The van der Waals surface area contributed by atoms with E-state index < -0.39 is 5.97 Å². The second kappa shape index (κ2) is 8.97. The van der Waals surface area contributed by atoms with Gasteiger partial charge >= 0.3 is 5.97 Å². The van der Waals surface area contributed by atoms with Gasteiger partial charge in [0.2, 0.25) is 0 Å². The van der Waals surface area contributed by atoms with Crippen LogP contribution in [0.3, 0.4) is 0 Å². The van der Waals surface area contributed by atoms with Gasteiger partial charge in [0.1, 0.15) is 5.82 Å². The van der Waals surface area contributed by atoms with Gasteiger partial charge < -0.3 is 10.4 Å². The molecule has 146 valence electrons. The van der Waals surface area contributed by atoms with Crippen LogP contribution in [0.4, 0.5) is 11.5 Å². The minimum absolute atomic E-state index is 0.0241. The Morgan fingerprint density at radius 3 is 2.32 bits per heavy atom. The summed E-state index contributed by atoms with van der Waals surface area (Å²) in [5, 5.41) is 12.3. The van der Waals surface area contributed by atoms with Crippen molar-refractivity contribution in [3.63, 3.8) is 0 Å². The average molecular weight is 396 g/mol. The van der Waals surface area contributed by atoms with Gasteiger partial charge in [-0.15, -0.1) is 11.3 Å². The first-order valence-electron chi connectivity index (χ1n) is 9.60. The van der Waals surface area contributed by atoms with E-state index in [1.807, 2.05) is 24.3 Å². The lowest BCUT2D eigenvalue weighted by molar-refractivity contribution is -0.136.